The number of hydrogen-bond donors (Lipinski definition) is 1. The zero-order chi connectivity index (χ0) is 18.0. The van der Waals surface area contributed by atoms with Gasteiger partial charge in [0.15, 0.2) is 0 Å². The fourth-order valence-corrected chi connectivity index (χ4v) is 3.79. The zero-order valence-electron chi connectivity index (χ0n) is 13.8. The smallest absolute Gasteiger partial charge is 0.233 e. The van der Waals surface area contributed by atoms with Crippen molar-refractivity contribution in [2.24, 2.45) is 0 Å². The van der Waals surface area contributed by atoms with Crippen LogP contribution in [0.4, 0.5) is 5.88 Å². The van der Waals surface area contributed by atoms with Gasteiger partial charge in [0.05, 0.1) is 4.90 Å². The first-order valence-corrected chi connectivity index (χ1v) is 9.60. The van der Waals surface area contributed by atoms with E-state index in [1.165, 1.54) is 24.3 Å². The van der Waals surface area contributed by atoms with E-state index in [0.29, 0.717) is 11.6 Å². The van der Waals surface area contributed by atoms with E-state index >= 15 is 0 Å². The Balaban J connectivity index is 2.13. The highest BCUT2D eigenvalue weighted by Gasteiger charge is 2.28. The Hall–Kier alpha value is -2.31. The highest BCUT2D eigenvalue weighted by atomic mass is 35.5. The molecule has 130 valence electrons. The number of nitrogens with zero attached hydrogens (tertiary/aromatic N) is 1. The van der Waals surface area contributed by atoms with E-state index in [1.54, 1.807) is 0 Å². The molecule has 3 rings (SSSR count). The van der Waals surface area contributed by atoms with Gasteiger partial charge in [-0.15, -0.1) is 0 Å². The Bertz CT molecular complexity index is 995. The maximum atomic E-state index is 12.9. The highest BCUT2D eigenvalue weighted by molar-refractivity contribution is 7.91. The maximum absolute atomic E-state index is 12.9. The predicted molar refractivity (Wildman–Crippen MR) is 97.7 cm³/mol. The minimum absolute atomic E-state index is 0.111. The molecular weight excluding hydrogens is 360 g/mol. The van der Waals surface area contributed by atoms with Gasteiger partial charge < -0.3 is 9.73 Å². The summed E-state index contributed by atoms with van der Waals surface area (Å²) in [6, 6.07) is 13.5. The van der Waals surface area contributed by atoms with Crippen LogP contribution in [0.1, 0.15) is 12.5 Å². The molecule has 5 nitrogen and oxygen atoms in total. The van der Waals surface area contributed by atoms with Crippen molar-refractivity contribution in [3.05, 3.63) is 59.1 Å². The second kappa shape index (κ2) is 6.90. The van der Waals surface area contributed by atoms with Crippen LogP contribution < -0.4 is 5.32 Å². The Morgan fingerprint density at radius 2 is 1.88 bits per heavy atom. The summed E-state index contributed by atoms with van der Waals surface area (Å²) in [7, 11) is -3.83. The lowest BCUT2D eigenvalue weighted by Crippen LogP contribution is -2.07. The van der Waals surface area contributed by atoms with Crippen LogP contribution in [0.3, 0.4) is 0 Å². The molecule has 0 spiro atoms. The van der Waals surface area contributed by atoms with Crippen LogP contribution in [-0.4, -0.2) is 19.9 Å². The van der Waals surface area contributed by atoms with Gasteiger partial charge in [0, 0.05) is 17.1 Å². The molecule has 3 aromatic rings. The average Bonchev–Trinajstić information content (AvgIpc) is 3.00. The first-order valence-electron chi connectivity index (χ1n) is 7.74. The van der Waals surface area contributed by atoms with Crippen molar-refractivity contribution in [1.82, 2.24) is 4.98 Å². The quantitative estimate of drug-likeness (QED) is 0.706. The van der Waals surface area contributed by atoms with Gasteiger partial charge in [-0.3, -0.25) is 0 Å². The van der Waals surface area contributed by atoms with Crippen LogP contribution >= 0.6 is 11.6 Å². The van der Waals surface area contributed by atoms with Gasteiger partial charge in [-0.2, -0.15) is 4.98 Å². The number of aromatic nitrogens is 1. The highest BCUT2D eigenvalue weighted by Crippen LogP contribution is 2.32. The molecule has 1 aromatic heterocycles. The number of hydrogen-bond acceptors (Lipinski definition) is 5. The van der Waals surface area contributed by atoms with E-state index in [9.17, 15) is 8.42 Å². The predicted octanol–water partition coefficient (Wildman–Crippen LogP) is 4.57. The molecule has 1 N–H and O–H groups in total. The standard InChI is InChI=1S/C18H17ClN2O3S/c1-3-20-17-18(25(22,23)15-9-7-14(19)8-10-15)21-16(24-17)13-6-4-5-12(2)11-13/h4-11,20H,3H2,1-2H3. The number of benzene rings is 2. The Morgan fingerprint density at radius 1 is 1.16 bits per heavy atom. The van der Waals surface area contributed by atoms with Gasteiger partial charge in [0.25, 0.3) is 0 Å². The Morgan fingerprint density at radius 3 is 2.52 bits per heavy atom. The van der Waals surface area contributed by atoms with E-state index < -0.39 is 9.84 Å². The molecule has 0 saturated heterocycles. The van der Waals surface area contributed by atoms with Gasteiger partial charge >= 0.3 is 0 Å². The molecule has 0 atom stereocenters. The minimum atomic E-state index is -3.83. The third kappa shape index (κ3) is 3.55. The summed E-state index contributed by atoms with van der Waals surface area (Å²) in [6.07, 6.45) is 0. The molecule has 0 aliphatic heterocycles. The topological polar surface area (TPSA) is 72.2 Å². The molecule has 25 heavy (non-hydrogen) atoms. The Labute approximate surface area is 151 Å². The van der Waals surface area contributed by atoms with Crippen molar-refractivity contribution >= 4 is 27.3 Å². The summed E-state index contributed by atoms with van der Waals surface area (Å²) in [5.41, 5.74) is 1.75. The zero-order valence-corrected chi connectivity index (χ0v) is 15.4. The lowest BCUT2D eigenvalue weighted by atomic mass is 10.1. The third-order valence-corrected chi connectivity index (χ3v) is 5.51. The molecule has 1 heterocycles. The molecule has 7 heteroatoms. The minimum Gasteiger partial charge on any atom is -0.419 e. The van der Waals surface area contributed by atoms with Gasteiger partial charge in [-0.05, 0) is 50.2 Å². The van der Waals surface area contributed by atoms with Gasteiger partial charge in [0.2, 0.25) is 26.6 Å². The summed E-state index contributed by atoms with van der Waals surface area (Å²) >= 11 is 5.85. The van der Waals surface area contributed by atoms with E-state index in [1.807, 2.05) is 38.1 Å². The van der Waals surface area contributed by atoms with E-state index in [0.717, 1.165) is 11.1 Å². The number of aryl methyl sites for hydroxylation is 1. The average molecular weight is 377 g/mol. The van der Waals surface area contributed by atoms with Gasteiger partial charge in [0.1, 0.15) is 0 Å². The number of rotatable bonds is 5. The largest absolute Gasteiger partial charge is 0.419 e. The second-order valence-corrected chi connectivity index (χ2v) is 7.81. The fourth-order valence-electron chi connectivity index (χ4n) is 2.39. The molecule has 0 aliphatic carbocycles. The van der Waals surface area contributed by atoms with Gasteiger partial charge in [-0.1, -0.05) is 29.3 Å². The van der Waals surface area contributed by atoms with E-state index in [2.05, 4.69) is 10.3 Å². The van der Waals surface area contributed by atoms with Crippen LogP contribution in [0.25, 0.3) is 11.5 Å². The monoisotopic (exact) mass is 376 g/mol. The van der Waals surface area contributed by atoms with Crippen molar-refractivity contribution in [1.29, 1.82) is 0 Å². The number of sulfone groups is 1. The summed E-state index contributed by atoms with van der Waals surface area (Å²) in [5.74, 6) is 0.390. The van der Waals surface area contributed by atoms with Crippen molar-refractivity contribution in [3.8, 4) is 11.5 Å². The molecule has 2 aromatic carbocycles. The van der Waals surface area contributed by atoms with Crippen molar-refractivity contribution in [2.75, 3.05) is 11.9 Å². The summed E-state index contributed by atoms with van der Waals surface area (Å²) in [5, 5.41) is 3.27. The molecule has 0 bridgehead atoms. The summed E-state index contributed by atoms with van der Waals surface area (Å²) < 4.78 is 31.6. The van der Waals surface area contributed by atoms with Crippen molar-refractivity contribution in [3.63, 3.8) is 0 Å². The fraction of sp³-hybridized carbons (Fsp3) is 0.167. The van der Waals surface area contributed by atoms with Crippen LogP contribution in [0.5, 0.6) is 0 Å². The van der Waals surface area contributed by atoms with Crippen molar-refractivity contribution < 1.29 is 12.8 Å². The van der Waals surface area contributed by atoms with E-state index in [4.69, 9.17) is 16.0 Å². The second-order valence-electron chi connectivity index (χ2n) is 5.51. The first-order chi connectivity index (χ1) is 11.9. The molecule has 0 unspecified atom stereocenters. The van der Waals surface area contributed by atoms with E-state index in [-0.39, 0.29) is 21.7 Å². The number of halogens is 1. The summed E-state index contributed by atoms with van der Waals surface area (Å²) in [6.45, 7) is 4.31. The number of nitrogens with one attached hydrogen (secondary N) is 1. The normalized spacial score (nSPS) is 11.5. The molecule has 0 amide bonds. The molecular formula is C18H17ClN2O3S. The van der Waals surface area contributed by atoms with Gasteiger partial charge in [-0.25, -0.2) is 8.42 Å². The molecule has 0 radical (unpaired) electrons. The number of oxazole rings is 1. The Kier molecular flexibility index (Phi) is 4.83. The number of anilines is 1. The first kappa shape index (κ1) is 17.5. The van der Waals surface area contributed by atoms with Crippen LogP contribution in [0.2, 0.25) is 5.02 Å². The molecule has 0 fully saturated rings. The van der Waals surface area contributed by atoms with Crippen LogP contribution in [0.15, 0.2) is 62.9 Å². The molecule has 0 saturated carbocycles. The van der Waals surface area contributed by atoms with Crippen LogP contribution in [-0.2, 0) is 9.84 Å². The van der Waals surface area contributed by atoms with Crippen LogP contribution in [0, 0.1) is 6.92 Å². The maximum Gasteiger partial charge on any atom is 0.233 e. The lowest BCUT2D eigenvalue weighted by Gasteiger charge is -2.04. The van der Waals surface area contributed by atoms with Crippen molar-refractivity contribution in [2.45, 2.75) is 23.8 Å². The third-order valence-electron chi connectivity index (χ3n) is 3.58. The SMILES string of the molecule is CCNc1oc(-c2cccc(C)c2)nc1S(=O)(=O)c1ccc(Cl)cc1. The lowest BCUT2D eigenvalue weighted by molar-refractivity contribution is 0.578. The molecule has 0 aliphatic rings. The summed E-state index contributed by atoms with van der Waals surface area (Å²) in [4.78, 5) is 4.37.